The summed E-state index contributed by atoms with van der Waals surface area (Å²) in [5.41, 5.74) is 2.47. The largest absolute Gasteiger partial charge is 0.488 e. The quantitative estimate of drug-likeness (QED) is 0.468. The van der Waals surface area contributed by atoms with E-state index in [0.717, 1.165) is 5.56 Å². The Labute approximate surface area is 178 Å². The minimum Gasteiger partial charge on any atom is -0.488 e. The van der Waals surface area contributed by atoms with Gasteiger partial charge >= 0.3 is 0 Å². The van der Waals surface area contributed by atoms with Crippen LogP contribution in [0.1, 0.15) is 11.1 Å². The maximum Gasteiger partial charge on any atom is 0.144 e. The van der Waals surface area contributed by atoms with Crippen molar-refractivity contribution in [3.8, 4) is 5.75 Å². The summed E-state index contributed by atoms with van der Waals surface area (Å²) in [5.74, 6) is 0.676. The van der Waals surface area contributed by atoms with Crippen molar-refractivity contribution in [2.75, 3.05) is 19.8 Å². The van der Waals surface area contributed by atoms with Crippen LogP contribution in [0, 0.1) is 0 Å². The predicted octanol–water partition coefficient (Wildman–Crippen LogP) is 4.49. The Balaban J connectivity index is 1.43. The molecule has 0 aromatic heterocycles. The second-order valence-corrected chi connectivity index (χ2v) is 7.46. The number of hydrogen-bond donors (Lipinski definition) is 2. The summed E-state index contributed by atoms with van der Waals surface area (Å²) in [6.07, 6.45) is 0.788. The van der Waals surface area contributed by atoms with E-state index < -0.39 is 6.10 Å². The molecule has 0 fully saturated rings. The molecule has 2 aromatic carbocycles. The summed E-state index contributed by atoms with van der Waals surface area (Å²) in [5, 5.41) is 18.8. The van der Waals surface area contributed by atoms with E-state index in [1.807, 2.05) is 24.3 Å². The molecule has 2 aromatic rings. The van der Waals surface area contributed by atoms with Gasteiger partial charge in [0.15, 0.2) is 0 Å². The average Bonchev–Trinajstić information content (AvgIpc) is 2.69. The molecule has 1 aliphatic heterocycles. The lowest BCUT2D eigenvalue weighted by molar-refractivity contribution is 0.0408. The van der Waals surface area contributed by atoms with Crippen LogP contribution in [-0.4, -0.2) is 37.2 Å². The number of aliphatic hydroxyl groups excluding tert-OH is 1. The molecule has 28 heavy (non-hydrogen) atoms. The fourth-order valence-electron chi connectivity index (χ4n) is 2.56. The fourth-order valence-corrected chi connectivity index (χ4v) is 3.11. The van der Waals surface area contributed by atoms with Crippen LogP contribution in [0.5, 0.6) is 5.75 Å². The van der Waals surface area contributed by atoms with Crippen LogP contribution in [0.25, 0.3) is 5.03 Å². The standard InChI is InChI=1S/C20H19Cl3N2O3/c21-15-3-1-13(2-4-15)8-24-10-17(26)12-28-25-9-14-11-27-19-6-5-16(22)7-18(19)20(14)23/h1-7,9,17,24,26H,8,10-12H2/b25-9-/t17-/m0/s1. The smallest absolute Gasteiger partial charge is 0.144 e. The van der Waals surface area contributed by atoms with Crippen molar-refractivity contribution in [2.45, 2.75) is 12.6 Å². The third-order valence-corrected chi connectivity index (χ3v) is 4.95. The normalized spacial score (nSPS) is 14.7. The Hall–Kier alpha value is -1.76. The molecule has 1 atom stereocenters. The SMILES string of the molecule is O[C@@H](CNCc1ccc(Cl)cc1)CO/N=C\C1=C(Cl)c2cc(Cl)ccc2OC1. The topological polar surface area (TPSA) is 63.1 Å². The fraction of sp³-hybridized carbons (Fsp3) is 0.250. The predicted molar refractivity (Wildman–Crippen MR) is 113 cm³/mol. The molecule has 148 valence electrons. The molecule has 0 radical (unpaired) electrons. The highest BCUT2D eigenvalue weighted by molar-refractivity contribution is 6.51. The molecule has 0 spiro atoms. The van der Waals surface area contributed by atoms with Crippen LogP contribution in [0.4, 0.5) is 0 Å². The van der Waals surface area contributed by atoms with E-state index in [9.17, 15) is 5.11 Å². The first-order chi connectivity index (χ1) is 13.5. The molecule has 0 saturated carbocycles. The molecule has 1 heterocycles. The van der Waals surface area contributed by atoms with Crippen molar-refractivity contribution in [1.82, 2.24) is 5.32 Å². The molecule has 0 unspecified atom stereocenters. The first kappa shape index (κ1) is 21.0. The number of nitrogens with zero attached hydrogens (tertiary/aromatic N) is 1. The summed E-state index contributed by atoms with van der Waals surface area (Å²) in [7, 11) is 0. The van der Waals surface area contributed by atoms with Gasteiger partial charge in [0.2, 0.25) is 0 Å². The van der Waals surface area contributed by atoms with Crippen molar-refractivity contribution in [2.24, 2.45) is 5.16 Å². The van der Waals surface area contributed by atoms with Gasteiger partial charge in [0, 0.05) is 34.3 Å². The number of benzene rings is 2. The number of hydrogen-bond acceptors (Lipinski definition) is 5. The van der Waals surface area contributed by atoms with Gasteiger partial charge in [0.25, 0.3) is 0 Å². The first-order valence-electron chi connectivity index (χ1n) is 8.63. The number of oxime groups is 1. The van der Waals surface area contributed by atoms with Gasteiger partial charge < -0.3 is 20.0 Å². The van der Waals surface area contributed by atoms with Crippen molar-refractivity contribution >= 4 is 46.0 Å². The molecule has 0 bridgehead atoms. The van der Waals surface area contributed by atoms with E-state index in [2.05, 4.69) is 10.5 Å². The highest BCUT2D eigenvalue weighted by Gasteiger charge is 2.18. The molecule has 8 heteroatoms. The molecule has 5 nitrogen and oxygen atoms in total. The van der Waals surface area contributed by atoms with E-state index in [1.54, 1.807) is 18.2 Å². The van der Waals surface area contributed by atoms with Gasteiger partial charge in [-0.1, -0.05) is 52.1 Å². The minimum atomic E-state index is -0.698. The molecular weight excluding hydrogens is 423 g/mol. The Morgan fingerprint density at radius 3 is 2.68 bits per heavy atom. The van der Waals surface area contributed by atoms with Crippen LogP contribution in [0.3, 0.4) is 0 Å². The van der Waals surface area contributed by atoms with Crippen LogP contribution in [0.2, 0.25) is 10.0 Å². The lowest BCUT2D eigenvalue weighted by atomic mass is 10.1. The number of halogens is 3. The highest BCUT2D eigenvalue weighted by Crippen LogP contribution is 2.36. The van der Waals surface area contributed by atoms with Crippen molar-refractivity contribution in [3.63, 3.8) is 0 Å². The third-order valence-electron chi connectivity index (χ3n) is 4.02. The van der Waals surface area contributed by atoms with E-state index in [-0.39, 0.29) is 13.2 Å². The summed E-state index contributed by atoms with van der Waals surface area (Å²) in [6.45, 7) is 1.33. The Morgan fingerprint density at radius 1 is 1.14 bits per heavy atom. The summed E-state index contributed by atoms with van der Waals surface area (Å²) < 4.78 is 5.63. The maximum atomic E-state index is 9.96. The van der Waals surface area contributed by atoms with Crippen molar-refractivity contribution in [1.29, 1.82) is 0 Å². The van der Waals surface area contributed by atoms with E-state index in [4.69, 9.17) is 44.4 Å². The summed E-state index contributed by atoms with van der Waals surface area (Å²) >= 11 is 18.2. The average molecular weight is 442 g/mol. The van der Waals surface area contributed by atoms with Gasteiger partial charge in [0.05, 0.1) is 11.2 Å². The molecule has 0 amide bonds. The Bertz CT molecular complexity index is 869. The number of nitrogens with one attached hydrogen (secondary N) is 1. The van der Waals surface area contributed by atoms with Gasteiger partial charge in [-0.2, -0.15) is 0 Å². The Morgan fingerprint density at radius 2 is 1.89 bits per heavy atom. The van der Waals surface area contributed by atoms with E-state index in [1.165, 1.54) is 6.21 Å². The van der Waals surface area contributed by atoms with Crippen molar-refractivity contribution < 1.29 is 14.7 Å². The van der Waals surface area contributed by atoms with Gasteiger partial charge in [-0.3, -0.25) is 0 Å². The zero-order valence-electron chi connectivity index (χ0n) is 14.9. The molecule has 3 rings (SSSR count). The van der Waals surface area contributed by atoms with Crippen LogP contribution >= 0.6 is 34.8 Å². The molecule has 1 aliphatic rings. The number of rotatable bonds is 8. The van der Waals surface area contributed by atoms with Crippen LogP contribution in [-0.2, 0) is 11.4 Å². The van der Waals surface area contributed by atoms with E-state index in [0.29, 0.717) is 45.1 Å². The summed E-state index contributed by atoms with van der Waals surface area (Å²) in [4.78, 5) is 5.16. The highest BCUT2D eigenvalue weighted by atomic mass is 35.5. The zero-order valence-corrected chi connectivity index (χ0v) is 17.1. The number of ether oxygens (including phenoxy) is 1. The lowest BCUT2D eigenvalue weighted by Gasteiger charge is -2.18. The zero-order chi connectivity index (χ0) is 19.9. The van der Waals surface area contributed by atoms with Gasteiger partial charge in [-0.05, 0) is 35.9 Å². The minimum absolute atomic E-state index is 0.0539. The molecule has 0 saturated heterocycles. The third kappa shape index (κ3) is 5.87. The van der Waals surface area contributed by atoms with E-state index >= 15 is 0 Å². The van der Waals surface area contributed by atoms with Gasteiger partial charge in [0.1, 0.15) is 25.1 Å². The monoisotopic (exact) mass is 440 g/mol. The van der Waals surface area contributed by atoms with Crippen molar-refractivity contribution in [3.05, 3.63) is 69.2 Å². The van der Waals surface area contributed by atoms with Gasteiger partial charge in [-0.25, -0.2) is 0 Å². The lowest BCUT2D eigenvalue weighted by Crippen LogP contribution is -2.29. The first-order valence-corrected chi connectivity index (χ1v) is 9.76. The van der Waals surface area contributed by atoms with Crippen LogP contribution < -0.4 is 10.1 Å². The Kier molecular flexibility index (Phi) is 7.59. The molecular formula is C20H19Cl3N2O3. The maximum absolute atomic E-state index is 9.96. The van der Waals surface area contributed by atoms with Gasteiger partial charge in [-0.15, -0.1) is 0 Å². The summed E-state index contributed by atoms with van der Waals surface area (Å²) in [6, 6.07) is 12.8. The molecule has 2 N–H and O–H groups in total. The second-order valence-electron chi connectivity index (χ2n) is 6.21. The number of fused-ring (bicyclic) bond motifs is 1. The molecule has 0 aliphatic carbocycles. The number of aliphatic hydroxyl groups is 1. The second kappa shape index (κ2) is 10.1. The van der Waals surface area contributed by atoms with Crippen LogP contribution in [0.15, 0.2) is 53.2 Å².